The van der Waals surface area contributed by atoms with Crippen molar-refractivity contribution in [2.45, 2.75) is 31.9 Å². The van der Waals surface area contributed by atoms with E-state index in [0.717, 1.165) is 0 Å². The molecule has 0 aliphatic carbocycles. The minimum absolute atomic E-state index is 0.155. The number of likely N-dealkylation sites (tertiary alicyclic amines) is 1. The molecule has 1 aromatic carbocycles. The van der Waals surface area contributed by atoms with E-state index in [0.29, 0.717) is 41.9 Å². The van der Waals surface area contributed by atoms with Crippen molar-refractivity contribution in [1.29, 1.82) is 0 Å². The third-order valence-electron chi connectivity index (χ3n) is 5.01. The van der Waals surface area contributed by atoms with Crippen molar-refractivity contribution in [3.8, 4) is 0 Å². The van der Waals surface area contributed by atoms with Crippen LogP contribution in [0, 0.1) is 0 Å². The Kier molecular flexibility index (Phi) is 4.52. The van der Waals surface area contributed by atoms with E-state index >= 15 is 0 Å². The van der Waals surface area contributed by atoms with Crippen LogP contribution in [-0.4, -0.2) is 60.5 Å². The Morgan fingerprint density at radius 1 is 1.36 bits per heavy atom. The molecular weight excluding hydrogens is 362 g/mol. The summed E-state index contributed by atoms with van der Waals surface area (Å²) < 4.78 is 1.71. The van der Waals surface area contributed by atoms with Gasteiger partial charge in [-0.15, -0.1) is 5.10 Å². The lowest BCUT2D eigenvalue weighted by atomic mass is 10.00. The zero-order valence-electron chi connectivity index (χ0n) is 15.8. The van der Waals surface area contributed by atoms with Crippen LogP contribution in [0.4, 0.5) is 5.69 Å². The number of aliphatic hydroxyl groups is 1. The maximum atomic E-state index is 12.4. The molecule has 1 amide bonds. The number of hydrogen-bond donors (Lipinski definition) is 4. The van der Waals surface area contributed by atoms with E-state index in [4.69, 9.17) is 0 Å². The Hall–Kier alpha value is -2.98. The summed E-state index contributed by atoms with van der Waals surface area (Å²) in [6.45, 7) is 5.05. The third kappa shape index (κ3) is 3.56. The molecule has 0 saturated carbocycles. The molecule has 148 valence electrons. The van der Waals surface area contributed by atoms with Gasteiger partial charge in [-0.1, -0.05) is 5.21 Å². The van der Waals surface area contributed by atoms with Gasteiger partial charge in [0, 0.05) is 24.8 Å². The van der Waals surface area contributed by atoms with Gasteiger partial charge < -0.3 is 20.4 Å². The van der Waals surface area contributed by atoms with Gasteiger partial charge in [0.25, 0.3) is 0 Å². The number of β-amino-alcohol motifs (C(OH)–C–C–N with tert-alkyl or cyclic N) is 1. The first kappa shape index (κ1) is 18.4. The maximum Gasteiger partial charge on any atom is 0.323 e. The van der Waals surface area contributed by atoms with Crippen LogP contribution in [0.2, 0.25) is 0 Å². The lowest BCUT2D eigenvalue weighted by molar-refractivity contribution is -0.117. The van der Waals surface area contributed by atoms with Gasteiger partial charge in [-0.25, -0.2) is 9.48 Å². The predicted octanol–water partition coefficient (Wildman–Crippen LogP) is 0.561. The Labute approximate surface area is 160 Å². The summed E-state index contributed by atoms with van der Waals surface area (Å²) in [5.74, 6) is -0.188. The van der Waals surface area contributed by atoms with Crippen molar-refractivity contribution in [2.24, 2.45) is 0 Å². The summed E-state index contributed by atoms with van der Waals surface area (Å²) in [7, 11) is 0. The number of benzene rings is 1. The highest BCUT2D eigenvalue weighted by molar-refractivity contribution is 5.94. The number of imidazole rings is 1. The molecule has 1 unspecified atom stereocenters. The predicted molar refractivity (Wildman–Crippen MR) is 103 cm³/mol. The topological polar surface area (TPSA) is 132 Å². The standard InChI is InChI=1S/C18H23N7O3/c1-11(2)25-8-15(22-23-25)18(28)5-6-24(10-18)9-16(26)19-12-3-4-13-14(7-12)21-17(27)20-13/h3-4,7-8,11,28H,5-6,9-10H2,1-2H3,(H,19,26)(H2,20,21,27). The van der Waals surface area contributed by atoms with Crippen molar-refractivity contribution in [3.05, 3.63) is 40.6 Å². The number of nitrogens with one attached hydrogen (secondary N) is 3. The molecule has 4 rings (SSSR count). The summed E-state index contributed by atoms with van der Waals surface area (Å²) in [4.78, 5) is 30.9. The summed E-state index contributed by atoms with van der Waals surface area (Å²) in [6, 6.07) is 5.33. The number of hydrogen-bond acceptors (Lipinski definition) is 6. The van der Waals surface area contributed by atoms with Crippen molar-refractivity contribution in [1.82, 2.24) is 29.9 Å². The first-order valence-corrected chi connectivity index (χ1v) is 9.21. The zero-order chi connectivity index (χ0) is 19.9. The van der Waals surface area contributed by atoms with E-state index in [1.54, 1.807) is 29.1 Å². The maximum absolute atomic E-state index is 12.4. The van der Waals surface area contributed by atoms with Gasteiger partial charge in [0.05, 0.1) is 23.8 Å². The normalized spacial score (nSPS) is 20.3. The number of nitrogens with zero attached hydrogens (tertiary/aromatic N) is 4. The van der Waals surface area contributed by atoms with Crippen LogP contribution in [0.5, 0.6) is 0 Å². The zero-order valence-corrected chi connectivity index (χ0v) is 15.8. The number of rotatable bonds is 5. The average Bonchev–Trinajstić information content (AvgIpc) is 3.33. The van der Waals surface area contributed by atoms with E-state index in [1.165, 1.54) is 0 Å². The minimum Gasteiger partial charge on any atom is -0.382 e. The van der Waals surface area contributed by atoms with E-state index in [1.807, 2.05) is 18.7 Å². The number of anilines is 1. The molecule has 0 radical (unpaired) electrons. The molecule has 10 heteroatoms. The molecule has 1 atom stereocenters. The summed E-state index contributed by atoms with van der Waals surface area (Å²) in [5, 5.41) is 21.9. The molecule has 1 aliphatic heterocycles. The highest BCUT2D eigenvalue weighted by Gasteiger charge is 2.40. The van der Waals surface area contributed by atoms with Crippen LogP contribution in [0.25, 0.3) is 11.0 Å². The van der Waals surface area contributed by atoms with E-state index in [2.05, 4.69) is 25.6 Å². The molecule has 28 heavy (non-hydrogen) atoms. The fourth-order valence-electron chi connectivity index (χ4n) is 3.47. The first-order chi connectivity index (χ1) is 13.3. The second-order valence-corrected chi connectivity index (χ2v) is 7.56. The Balaban J connectivity index is 1.38. The smallest absolute Gasteiger partial charge is 0.323 e. The van der Waals surface area contributed by atoms with E-state index in [-0.39, 0.29) is 24.2 Å². The van der Waals surface area contributed by atoms with E-state index in [9.17, 15) is 14.7 Å². The SMILES string of the molecule is CC(C)n1cc(C2(O)CCN(CC(=O)Nc3ccc4[nH]c(=O)[nH]c4c3)C2)nn1. The van der Waals surface area contributed by atoms with Crippen molar-refractivity contribution in [3.63, 3.8) is 0 Å². The third-order valence-corrected chi connectivity index (χ3v) is 5.01. The number of amides is 1. The number of H-pyrrole nitrogens is 2. The van der Waals surface area contributed by atoms with Crippen LogP contribution < -0.4 is 11.0 Å². The number of carbonyl (C=O) groups excluding carboxylic acids is 1. The second kappa shape index (κ2) is 6.88. The highest BCUT2D eigenvalue weighted by atomic mass is 16.3. The van der Waals surface area contributed by atoms with Gasteiger partial charge in [0.15, 0.2) is 0 Å². The Bertz CT molecular complexity index is 1070. The molecule has 0 spiro atoms. The van der Waals surface area contributed by atoms with Gasteiger partial charge in [0.2, 0.25) is 5.91 Å². The first-order valence-electron chi connectivity index (χ1n) is 9.21. The Morgan fingerprint density at radius 3 is 2.89 bits per heavy atom. The summed E-state index contributed by atoms with van der Waals surface area (Å²) in [6.07, 6.45) is 2.26. The molecule has 0 bridgehead atoms. The average molecular weight is 385 g/mol. The largest absolute Gasteiger partial charge is 0.382 e. The van der Waals surface area contributed by atoms with Crippen molar-refractivity contribution < 1.29 is 9.90 Å². The van der Waals surface area contributed by atoms with Gasteiger partial charge in [-0.2, -0.15) is 0 Å². The molecule has 3 aromatic rings. The minimum atomic E-state index is -1.10. The van der Waals surface area contributed by atoms with Gasteiger partial charge in [0.1, 0.15) is 11.3 Å². The lowest BCUT2D eigenvalue weighted by Gasteiger charge is -2.20. The molecule has 4 N–H and O–H groups in total. The summed E-state index contributed by atoms with van der Waals surface area (Å²) in [5.41, 5.74) is 1.06. The number of carbonyl (C=O) groups is 1. The van der Waals surface area contributed by atoms with Crippen LogP contribution in [0.1, 0.15) is 32.0 Å². The molecule has 10 nitrogen and oxygen atoms in total. The van der Waals surface area contributed by atoms with Crippen LogP contribution >= 0.6 is 0 Å². The van der Waals surface area contributed by atoms with Gasteiger partial charge in [-0.05, 0) is 38.5 Å². The fraction of sp³-hybridized carbons (Fsp3) is 0.444. The monoisotopic (exact) mass is 385 g/mol. The summed E-state index contributed by atoms with van der Waals surface area (Å²) >= 11 is 0. The number of fused-ring (bicyclic) bond motifs is 1. The molecule has 3 heterocycles. The molecule has 1 aliphatic rings. The van der Waals surface area contributed by atoms with Crippen molar-refractivity contribution in [2.75, 3.05) is 25.0 Å². The van der Waals surface area contributed by atoms with Crippen LogP contribution in [0.15, 0.2) is 29.2 Å². The number of aromatic nitrogens is 5. The Morgan fingerprint density at radius 2 is 2.14 bits per heavy atom. The van der Waals surface area contributed by atoms with Gasteiger partial charge in [-0.3, -0.25) is 9.69 Å². The fourth-order valence-corrected chi connectivity index (χ4v) is 3.47. The quantitative estimate of drug-likeness (QED) is 0.507. The molecule has 2 aromatic heterocycles. The van der Waals surface area contributed by atoms with Crippen LogP contribution in [0.3, 0.4) is 0 Å². The highest BCUT2D eigenvalue weighted by Crippen LogP contribution is 2.30. The van der Waals surface area contributed by atoms with Gasteiger partial charge >= 0.3 is 5.69 Å². The lowest BCUT2D eigenvalue weighted by Crippen LogP contribution is -2.35. The second-order valence-electron chi connectivity index (χ2n) is 7.56. The number of aromatic amines is 2. The molecular formula is C18H23N7O3. The molecule has 1 saturated heterocycles. The molecule has 1 fully saturated rings. The van der Waals surface area contributed by atoms with E-state index < -0.39 is 5.60 Å². The van der Waals surface area contributed by atoms with Crippen molar-refractivity contribution >= 4 is 22.6 Å². The van der Waals surface area contributed by atoms with Crippen LogP contribution in [-0.2, 0) is 10.4 Å².